The number of ether oxygens (including phenoxy) is 1. The van der Waals surface area contributed by atoms with E-state index in [1.54, 1.807) is 4.90 Å². The van der Waals surface area contributed by atoms with Gasteiger partial charge >= 0.3 is 5.97 Å². The fourth-order valence-corrected chi connectivity index (χ4v) is 2.74. The lowest BCUT2D eigenvalue weighted by atomic mass is 9.99. The molecule has 114 valence electrons. The van der Waals surface area contributed by atoms with Gasteiger partial charge in [-0.1, -0.05) is 37.3 Å². The van der Waals surface area contributed by atoms with Crippen LogP contribution in [0.1, 0.15) is 25.5 Å². The molecule has 0 spiro atoms. The number of hydrogen-bond donors (Lipinski definition) is 1. The Morgan fingerprint density at radius 1 is 1.33 bits per heavy atom. The van der Waals surface area contributed by atoms with Crippen LogP contribution in [-0.2, 0) is 14.3 Å². The van der Waals surface area contributed by atoms with Gasteiger partial charge in [-0.15, -0.1) is 0 Å². The van der Waals surface area contributed by atoms with Crippen molar-refractivity contribution in [1.29, 1.82) is 0 Å². The van der Waals surface area contributed by atoms with Crippen molar-refractivity contribution in [1.82, 2.24) is 4.90 Å². The van der Waals surface area contributed by atoms with E-state index in [0.29, 0.717) is 13.2 Å². The summed E-state index contributed by atoms with van der Waals surface area (Å²) < 4.78 is 5.59. The Bertz CT molecular complexity index is 502. The van der Waals surface area contributed by atoms with Crippen molar-refractivity contribution in [2.45, 2.75) is 20.0 Å². The lowest BCUT2D eigenvalue weighted by molar-refractivity contribution is -0.144. The minimum Gasteiger partial charge on any atom is -0.481 e. The molecule has 21 heavy (non-hydrogen) atoms. The quantitative estimate of drug-likeness (QED) is 0.900. The molecule has 0 aromatic heterocycles. The van der Waals surface area contributed by atoms with Gasteiger partial charge in [0.25, 0.3) is 5.91 Å². The van der Waals surface area contributed by atoms with Crippen LogP contribution in [-0.4, -0.2) is 41.6 Å². The molecule has 3 atom stereocenters. The van der Waals surface area contributed by atoms with E-state index in [4.69, 9.17) is 4.74 Å². The third-order valence-electron chi connectivity index (χ3n) is 3.90. The van der Waals surface area contributed by atoms with Gasteiger partial charge in [-0.25, -0.2) is 0 Å². The van der Waals surface area contributed by atoms with E-state index in [1.807, 2.05) is 44.2 Å². The van der Waals surface area contributed by atoms with Gasteiger partial charge < -0.3 is 14.7 Å². The standard InChI is InChI=1S/C16H21NO4/c1-3-21-14(12-7-5-4-6-8-12)15(18)17-9-11(2)13(10-17)16(19)20/h4-8,11,13-14H,3,9-10H2,1-2H3,(H,19,20)/t11-,13-,14?/m1/s1. The molecule has 1 aromatic carbocycles. The zero-order valence-electron chi connectivity index (χ0n) is 12.4. The second-order valence-electron chi connectivity index (χ2n) is 5.41. The first-order chi connectivity index (χ1) is 10.0. The fourth-order valence-electron chi connectivity index (χ4n) is 2.74. The molecule has 0 aliphatic carbocycles. The van der Waals surface area contributed by atoms with E-state index < -0.39 is 18.0 Å². The average Bonchev–Trinajstić information content (AvgIpc) is 2.87. The second-order valence-corrected chi connectivity index (χ2v) is 5.41. The Hall–Kier alpha value is -1.88. The number of likely N-dealkylation sites (tertiary alicyclic amines) is 1. The summed E-state index contributed by atoms with van der Waals surface area (Å²) in [7, 11) is 0. The maximum atomic E-state index is 12.7. The van der Waals surface area contributed by atoms with E-state index in [2.05, 4.69) is 0 Å². The second kappa shape index (κ2) is 6.72. The van der Waals surface area contributed by atoms with Crippen molar-refractivity contribution >= 4 is 11.9 Å². The summed E-state index contributed by atoms with van der Waals surface area (Å²) in [4.78, 5) is 25.4. The maximum Gasteiger partial charge on any atom is 0.308 e. The molecule has 0 bridgehead atoms. The first kappa shape index (κ1) is 15.5. The summed E-state index contributed by atoms with van der Waals surface area (Å²) in [6.45, 7) is 4.86. The molecule has 1 aromatic rings. The van der Waals surface area contributed by atoms with Crippen molar-refractivity contribution in [2.75, 3.05) is 19.7 Å². The van der Waals surface area contributed by atoms with Gasteiger partial charge in [-0.3, -0.25) is 9.59 Å². The lowest BCUT2D eigenvalue weighted by Gasteiger charge is -2.23. The van der Waals surface area contributed by atoms with Crippen LogP contribution in [0.4, 0.5) is 0 Å². The zero-order chi connectivity index (χ0) is 15.4. The van der Waals surface area contributed by atoms with Crippen molar-refractivity contribution in [2.24, 2.45) is 11.8 Å². The van der Waals surface area contributed by atoms with E-state index in [9.17, 15) is 14.7 Å². The first-order valence-electron chi connectivity index (χ1n) is 7.22. The van der Waals surface area contributed by atoms with Crippen LogP contribution < -0.4 is 0 Å². The van der Waals surface area contributed by atoms with Gasteiger partial charge in [0.15, 0.2) is 6.10 Å². The van der Waals surface area contributed by atoms with Crippen molar-refractivity contribution < 1.29 is 19.4 Å². The number of carbonyl (C=O) groups excluding carboxylic acids is 1. The van der Waals surface area contributed by atoms with Crippen molar-refractivity contribution in [3.63, 3.8) is 0 Å². The highest BCUT2D eigenvalue weighted by Crippen LogP contribution is 2.28. The third kappa shape index (κ3) is 3.42. The number of hydrogen-bond acceptors (Lipinski definition) is 3. The van der Waals surface area contributed by atoms with Crippen molar-refractivity contribution in [3.05, 3.63) is 35.9 Å². The Balaban J connectivity index is 2.15. The molecule has 2 rings (SSSR count). The molecule has 1 saturated heterocycles. The molecule has 5 heteroatoms. The van der Waals surface area contributed by atoms with E-state index >= 15 is 0 Å². The van der Waals surface area contributed by atoms with Gasteiger partial charge in [0.05, 0.1) is 5.92 Å². The van der Waals surface area contributed by atoms with Gasteiger partial charge in [0.1, 0.15) is 0 Å². The van der Waals surface area contributed by atoms with Gasteiger partial charge in [-0.2, -0.15) is 0 Å². The van der Waals surface area contributed by atoms with Crippen LogP contribution in [0.15, 0.2) is 30.3 Å². The number of rotatable bonds is 5. The van der Waals surface area contributed by atoms with Gasteiger partial charge in [0, 0.05) is 19.7 Å². The van der Waals surface area contributed by atoms with Gasteiger partial charge in [0.2, 0.25) is 0 Å². The summed E-state index contributed by atoms with van der Waals surface area (Å²) in [5, 5.41) is 9.17. The summed E-state index contributed by atoms with van der Waals surface area (Å²) in [6.07, 6.45) is -0.657. The Morgan fingerprint density at radius 2 is 2.00 bits per heavy atom. The van der Waals surface area contributed by atoms with Crippen LogP contribution in [0.2, 0.25) is 0 Å². The Labute approximate surface area is 124 Å². The number of aliphatic carboxylic acids is 1. The summed E-state index contributed by atoms with van der Waals surface area (Å²) in [5.41, 5.74) is 0.802. The summed E-state index contributed by atoms with van der Waals surface area (Å²) in [5.74, 6) is -1.53. The topological polar surface area (TPSA) is 66.8 Å². The smallest absolute Gasteiger partial charge is 0.308 e. The van der Waals surface area contributed by atoms with E-state index in [1.165, 1.54) is 0 Å². The zero-order valence-corrected chi connectivity index (χ0v) is 12.4. The molecule has 0 saturated carbocycles. The van der Waals surface area contributed by atoms with Crippen LogP contribution in [0, 0.1) is 11.8 Å². The molecule has 5 nitrogen and oxygen atoms in total. The molecule has 1 aliphatic rings. The van der Waals surface area contributed by atoms with Crippen molar-refractivity contribution in [3.8, 4) is 0 Å². The van der Waals surface area contributed by atoms with E-state index in [-0.39, 0.29) is 18.4 Å². The number of amides is 1. The average molecular weight is 291 g/mol. The Morgan fingerprint density at radius 3 is 2.52 bits per heavy atom. The first-order valence-corrected chi connectivity index (χ1v) is 7.22. The number of nitrogens with zero attached hydrogens (tertiary/aromatic N) is 1. The molecule has 1 aliphatic heterocycles. The van der Waals surface area contributed by atoms with Crippen LogP contribution in [0.5, 0.6) is 0 Å². The fraction of sp³-hybridized carbons (Fsp3) is 0.500. The summed E-state index contributed by atoms with van der Waals surface area (Å²) in [6, 6.07) is 9.32. The molecular weight excluding hydrogens is 270 g/mol. The molecular formula is C16H21NO4. The Kier molecular flexibility index (Phi) is 4.96. The minimum atomic E-state index is -0.842. The van der Waals surface area contributed by atoms with Crippen LogP contribution in [0.3, 0.4) is 0 Å². The largest absolute Gasteiger partial charge is 0.481 e. The third-order valence-corrected chi connectivity index (χ3v) is 3.90. The highest BCUT2D eigenvalue weighted by atomic mass is 16.5. The van der Waals surface area contributed by atoms with Gasteiger partial charge in [-0.05, 0) is 18.4 Å². The SMILES string of the molecule is CCOC(C(=O)N1C[C@@H](C)[C@H](C(=O)O)C1)c1ccccc1. The van der Waals surface area contributed by atoms with Crippen LogP contribution in [0.25, 0.3) is 0 Å². The summed E-state index contributed by atoms with van der Waals surface area (Å²) >= 11 is 0. The predicted molar refractivity (Wildman–Crippen MR) is 77.7 cm³/mol. The monoisotopic (exact) mass is 291 g/mol. The number of carboxylic acids is 1. The molecule has 1 unspecified atom stereocenters. The normalized spacial score (nSPS) is 23.0. The molecule has 1 fully saturated rings. The number of carbonyl (C=O) groups is 2. The highest BCUT2D eigenvalue weighted by molar-refractivity contribution is 5.84. The lowest BCUT2D eigenvalue weighted by Crippen LogP contribution is -2.35. The molecule has 1 N–H and O–H groups in total. The number of carboxylic acid groups (broad SMARTS) is 1. The predicted octanol–water partition coefficient (Wildman–Crippen LogP) is 1.94. The van der Waals surface area contributed by atoms with E-state index in [0.717, 1.165) is 5.56 Å². The highest BCUT2D eigenvalue weighted by Gasteiger charge is 2.39. The molecule has 0 radical (unpaired) electrons. The molecule has 1 heterocycles. The maximum absolute atomic E-state index is 12.7. The van der Waals surface area contributed by atoms with Crippen LogP contribution >= 0.6 is 0 Å². The molecule has 1 amide bonds. The number of benzene rings is 1. The minimum absolute atomic E-state index is 0.0375.